The van der Waals surface area contributed by atoms with Gasteiger partial charge in [-0.1, -0.05) is 0 Å². The van der Waals surface area contributed by atoms with Crippen LogP contribution >= 0.6 is 0 Å². The SMILES string of the molecule is Cc1nc(-c2cccnc2)nc(N2CC(C(=O)O)C2)c1C. The number of aromatic nitrogens is 3. The predicted molar refractivity (Wildman–Crippen MR) is 78.1 cm³/mol. The van der Waals surface area contributed by atoms with Gasteiger partial charge in [0.2, 0.25) is 0 Å². The highest BCUT2D eigenvalue weighted by Crippen LogP contribution is 2.29. The Labute approximate surface area is 122 Å². The first-order chi connectivity index (χ1) is 10.1. The van der Waals surface area contributed by atoms with Crippen molar-refractivity contribution in [3.8, 4) is 11.4 Å². The molecule has 6 nitrogen and oxygen atoms in total. The van der Waals surface area contributed by atoms with Gasteiger partial charge in [0.15, 0.2) is 5.82 Å². The Morgan fingerprint density at radius 1 is 1.33 bits per heavy atom. The molecular weight excluding hydrogens is 268 g/mol. The summed E-state index contributed by atoms with van der Waals surface area (Å²) in [5, 5.41) is 8.99. The second-order valence-electron chi connectivity index (χ2n) is 5.26. The summed E-state index contributed by atoms with van der Waals surface area (Å²) in [5.41, 5.74) is 2.75. The van der Waals surface area contributed by atoms with Crippen LogP contribution in [0.15, 0.2) is 24.5 Å². The number of aryl methyl sites for hydroxylation is 1. The molecule has 1 saturated heterocycles. The first-order valence-corrected chi connectivity index (χ1v) is 6.79. The fraction of sp³-hybridized carbons (Fsp3) is 0.333. The fourth-order valence-corrected chi connectivity index (χ4v) is 2.35. The van der Waals surface area contributed by atoms with Crippen molar-refractivity contribution >= 4 is 11.8 Å². The number of pyridine rings is 1. The third kappa shape index (κ3) is 2.44. The number of hydrogen-bond donors (Lipinski definition) is 1. The van der Waals surface area contributed by atoms with E-state index in [0.717, 1.165) is 22.6 Å². The van der Waals surface area contributed by atoms with Crippen LogP contribution in [0.5, 0.6) is 0 Å². The van der Waals surface area contributed by atoms with Gasteiger partial charge in [-0.15, -0.1) is 0 Å². The average Bonchev–Trinajstić information content (AvgIpc) is 2.42. The van der Waals surface area contributed by atoms with Crippen LogP contribution in [0, 0.1) is 19.8 Å². The maximum atomic E-state index is 10.9. The Hall–Kier alpha value is -2.50. The lowest BCUT2D eigenvalue weighted by molar-refractivity contribution is -0.142. The number of nitrogens with zero attached hydrogens (tertiary/aromatic N) is 4. The molecule has 6 heteroatoms. The molecule has 0 amide bonds. The summed E-state index contributed by atoms with van der Waals surface area (Å²) in [7, 11) is 0. The van der Waals surface area contributed by atoms with Gasteiger partial charge in [0.25, 0.3) is 0 Å². The molecule has 0 aliphatic carbocycles. The minimum Gasteiger partial charge on any atom is -0.481 e. The van der Waals surface area contributed by atoms with Crippen LogP contribution in [-0.4, -0.2) is 39.1 Å². The van der Waals surface area contributed by atoms with Gasteiger partial charge in [0.1, 0.15) is 5.82 Å². The van der Waals surface area contributed by atoms with Crippen molar-refractivity contribution in [2.24, 2.45) is 5.92 Å². The summed E-state index contributed by atoms with van der Waals surface area (Å²) >= 11 is 0. The summed E-state index contributed by atoms with van der Waals surface area (Å²) in [6, 6.07) is 3.76. The minimum absolute atomic E-state index is 0.304. The molecule has 0 saturated carbocycles. The predicted octanol–water partition coefficient (Wildman–Crippen LogP) is 1.68. The van der Waals surface area contributed by atoms with Gasteiger partial charge in [-0.25, -0.2) is 9.97 Å². The van der Waals surface area contributed by atoms with E-state index in [1.54, 1.807) is 12.4 Å². The van der Waals surface area contributed by atoms with E-state index in [1.807, 2.05) is 30.9 Å². The van der Waals surface area contributed by atoms with Crippen molar-refractivity contribution in [1.82, 2.24) is 15.0 Å². The largest absolute Gasteiger partial charge is 0.481 e. The van der Waals surface area contributed by atoms with Crippen molar-refractivity contribution in [1.29, 1.82) is 0 Å². The van der Waals surface area contributed by atoms with E-state index >= 15 is 0 Å². The summed E-state index contributed by atoms with van der Waals surface area (Å²) in [5.74, 6) is 0.391. The molecular formula is C15H16N4O2. The quantitative estimate of drug-likeness (QED) is 0.923. The lowest BCUT2D eigenvalue weighted by atomic mass is 10.00. The first-order valence-electron chi connectivity index (χ1n) is 6.79. The Morgan fingerprint density at radius 3 is 2.71 bits per heavy atom. The molecule has 0 atom stereocenters. The highest BCUT2D eigenvalue weighted by molar-refractivity contribution is 5.74. The molecule has 0 spiro atoms. The van der Waals surface area contributed by atoms with E-state index in [1.165, 1.54) is 0 Å². The lowest BCUT2D eigenvalue weighted by Crippen LogP contribution is -2.51. The van der Waals surface area contributed by atoms with Crippen LogP contribution in [0.3, 0.4) is 0 Å². The summed E-state index contributed by atoms with van der Waals surface area (Å²) in [4.78, 5) is 26.1. The van der Waals surface area contributed by atoms with Gasteiger partial charge in [-0.3, -0.25) is 9.78 Å². The van der Waals surface area contributed by atoms with Crippen LogP contribution in [0.4, 0.5) is 5.82 Å². The molecule has 0 radical (unpaired) electrons. The Balaban J connectivity index is 1.94. The number of rotatable bonds is 3. The fourth-order valence-electron chi connectivity index (χ4n) is 2.35. The molecule has 108 valence electrons. The van der Waals surface area contributed by atoms with E-state index in [9.17, 15) is 4.79 Å². The Bertz CT molecular complexity index is 682. The van der Waals surface area contributed by atoms with Crippen LogP contribution in [0.1, 0.15) is 11.3 Å². The molecule has 0 unspecified atom stereocenters. The first kappa shape index (κ1) is 13.5. The molecule has 0 aromatic carbocycles. The van der Waals surface area contributed by atoms with E-state index in [4.69, 9.17) is 5.11 Å². The normalized spacial score (nSPS) is 14.9. The zero-order valence-corrected chi connectivity index (χ0v) is 11.9. The van der Waals surface area contributed by atoms with E-state index in [-0.39, 0.29) is 5.92 Å². The van der Waals surface area contributed by atoms with E-state index in [0.29, 0.717) is 18.9 Å². The highest BCUT2D eigenvalue weighted by atomic mass is 16.4. The molecule has 1 aliphatic heterocycles. The second kappa shape index (κ2) is 5.12. The monoisotopic (exact) mass is 284 g/mol. The van der Waals surface area contributed by atoms with Gasteiger partial charge in [0.05, 0.1) is 5.92 Å². The summed E-state index contributed by atoms with van der Waals surface area (Å²) in [6.07, 6.45) is 3.43. The molecule has 2 aromatic rings. The third-order valence-corrected chi connectivity index (χ3v) is 3.81. The van der Waals surface area contributed by atoms with Crippen molar-refractivity contribution in [3.05, 3.63) is 35.8 Å². The zero-order chi connectivity index (χ0) is 15.0. The minimum atomic E-state index is -0.748. The molecule has 1 aliphatic rings. The summed E-state index contributed by atoms with van der Waals surface area (Å²) < 4.78 is 0. The van der Waals surface area contributed by atoms with Gasteiger partial charge in [0, 0.05) is 42.3 Å². The third-order valence-electron chi connectivity index (χ3n) is 3.81. The number of carboxylic acids is 1. The van der Waals surface area contributed by atoms with Crippen LogP contribution < -0.4 is 4.90 Å². The molecule has 1 fully saturated rings. The van der Waals surface area contributed by atoms with Gasteiger partial charge in [-0.2, -0.15) is 0 Å². The van der Waals surface area contributed by atoms with Gasteiger partial charge in [-0.05, 0) is 26.0 Å². The number of hydrogen-bond acceptors (Lipinski definition) is 5. The maximum absolute atomic E-state index is 10.9. The molecule has 21 heavy (non-hydrogen) atoms. The van der Waals surface area contributed by atoms with Crippen LogP contribution in [-0.2, 0) is 4.79 Å². The van der Waals surface area contributed by atoms with Crippen molar-refractivity contribution in [2.75, 3.05) is 18.0 Å². The van der Waals surface area contributed by atoms with Crippen molar-refractivity contribution in [2.45, 2.75) is 13.8 Å². The van der Waals surface area contributed by atoms with E-state index < -0.39 is 5.97 Å². The number of carboxylic acid groups (broad SMARTS) is 1. The molecule has 3 heterocycles. The number of aliphatic carboxylic acids is 1. The zero-order valence-electron chi connectivity index (χ0n) is 11.9. The molecule has 3 rings (SSSR count). The second-order valence-corrected chi connectivity index (χ2v) is 5.26. The lowest BCUT2D eigenvalue weighted by Gasteiger charge is -2.38. The molecule has 2 aromatic heterocycles. The van der Waals surface area contributed by atoms with Crippen LogP contribution in [0.25, 0.3) is 11.4 Å². The van der Waals surface area contributed by atoms with E-state index in [2.05, 4.69) is 15.0 Å². The standard InChI is InChI=1S/C15H16N4O2/c1-9-10(2)17-13(11-4-3-5-16-6-11)18-14(9)19-7-12(8-19)15(20)21/h3-6,12H,7-8H2,1-2H3,(H,20,21). The summed E-state index contributed by atoms with van der Waals surface area (Å²) in [6.45, 7) is 4.90. The molecule has 1 N–H and O–H groups in total. The van der Waals surface area contributed by atoms with Crippen molar-refractivity contribution in [3.63, 3.8) is 0 Å². The number of anilines is 1. The van der Waals surface area contributed by atoms with Gasteiger partial charge < -0.3 is 10.0 Å². The Kier molecular flexibility index (Phi) is 3.29. The average molecular weight is 284 g/mol. The number of carbonyl (C=O) groups is 1. The van der Waals surface area contributed by atoms with Crippen LogP contribution in [0.2, 0.25) is 0 Å². The smallest absolute Gasteiger partial charge is 0.310 e. The topological polar surface area (TPSA) is 79.2 Å². The highest BCUT2D eigenvalue weighted by Gasteiger charge is 2.34. The molecule has 0 bridgehead atoms. The van der Waals surface area contributed by atoms with Gasteiger partial charge >= 0.3 is 5.97 Å². The Morgan fingerprint density at radius 2 is 2.10 bits per heavy atom. The maximum Gasteiger partial charge on any atom is 0.310 e. The van der Waals surface area contributed by atoms with Crippen molar-refractivity contribution < 1.29 is 9.90 Å².